The summed E-state index contributed by atoms with van der Waals surface area (Å²) < 4.78 is 1.07. The van der Waals surface area contributed by atoms with Crippen LogP contribution in [0.3, 0.4) is 0 Å². The van der Waals surface area contributed by atoms with Crippen LogP contribution in [0.2, 0.25) is 0 Å². The molecule has 1 fully saturated rings. The maximum Gasteiger partial charge on any atom is 0.0413 e. The van der Waals surface area contributed by atoms with Crippen LogP contribution in [0.4, 0.5) is 0 Å². The first-order valence-corrected chi connectivity index (χ1v) is 9.75. The zero-order valence-electron chi connectivity index (χ0n) is 12.4. The smallest absolute Gasteiger partial charge is 0.0413 e. The number of hydrogen-bond donors (Lipinski definition) is 0. The van der Waals surface area contributed by atoms with Crippen LogP contribution < -0.4 is 0 Å². The molecular formula is C17H25Br2N. The second-order valence-electron chi connectivity index (χ2n) is 6.36. The Bertz CT molecular complexity index is 394. The molecule has 0 atom stereocenters. The standard InChI is InChI=1S/C17H25Br2N/c1-2-3-4-14-7-9-17(13-18,10-8-14)11-16-6-5-15(19)12-20-16/h5-6,12,14H,2-4,7-11,13H2,1H3. The van der Waals surface area contributed by atoms with E-state index in [9.17, 15) is 0 Å². The third-order valence-corrected chi connectivity index (χ3v) is 6.42. The van der Waals surface area contributed by atoms with Gasteiger partial charge in [0.1, 0.15) is 0 Å². The van der Waals surface area contributed by atoms with E-state index in [1.165, 1.54) is 50.6 Å². The quantitative estimate of drug-likeness (QED) is 0.520. The van der Waals surface area contributed by atoms with Gasteiger partial charge in [0, 0.05) is 21.7 Å². The van der Waals surface area contributed by atoms with Crippen molar-refractivity contribution in [1.29, 1.82) is 0 Å². The molecule has 1 aliphatic rings. The van der Waals surface area contributed by atoms with E-state index in [-0.39, 0.29) is 0 Å². The zero-order valence-corrected chi connectivity index (χ0v) is 15.5. The van der Waals surface area contributed by atoms with E-state index >= 15 is 0 Å². The summed E-state index contributed by atoms with van der Waals surface area (Å²) in [6.07, 6.45) is 12.7. The van der Waals surface area contributed by atoms with E-state index in [1.807, 2.05) is 6.20 Å². The lowest BCUT2D eigenvalue weighted by molar-refractivity contribution is 0.167. The second-order valence-corrected chi connectivity index (χ2v) is 7.84. The number of aromatic nitrogens is 1. The van der Waals surface area contributed by atoms with Crippen LogP contribution in [0.25, 0.3) is 0 Å². The van der Waals surface area contributed by atoms with Crippen LogP contribution in [0.5, 0.6) is 0 Å². The normalized spacial score (nSPS) is 26.6. The van der Waals surface area contributed by atoms with E-state index in [0.717, 1.165) is 22.1 Å². The highest BCUT2D eigenvalue weighted by Gasteiger charge is 2.34. The summed E-state index contributed by atoms with van der Waals surface area (Å²) in [5.41, 5.74) is 1.67. The molecule has 0 saturated heterocycles. The minimum atomic E-state index is 0.434. The number of pyridine rings is 1. The van der Waals surface area contributed by atoms with Gasteiger partial charge in [-0.05, 0) is 71.5 Å². The minimum absolute atomic E-state index is 0.434. The maximum atomic E-state index is 4.57. The van der Waals surface area contributed by atoms with E-state index in [1.54, 1.807) is 0 Å². The summed E-state index contributed by atoms with van der Waals surface area (Å²) in [5.74, 6) is 0.972. The lowest BCUT2D eigenvalue weighted by atomic mass is 9.68. The molecule has 2 rings (SSSR count). The molecule has 20 heavy (non-hydrogen) atoms. The molecule has 1 saturated carbocycles. The van der Waals surface area contributed by atoms with Crippen LogP contribution in [-0.4, -0.2) is 10.3 Å². The molecule has 3 heteroatoms. The Morgan fingerprint density at radius 3 is 2.60 bits per heavy atom. The maximum absolute atomic E-state index is 4.57. The predicted octanol–water partition coefficient (Wildman–Crippen LogP) is 6.15. The summed E-state index contributed by atoms with van der Waals surface area (Å²) in [6, 6.07) is 4.27. The molecule has 0 N–H and O–H groups in total. The topological polar surface area (TPSA) is 12.9 Å². The second kappa shape index (κ2) is 7.93. The Morgan fingerprint density at radius 1 is 1.30 bits per heavy atom. The lowest BCUT2D eigenvalue weighted by Gasteiger charge is -2.39. The monoisotopic (exact) mass is 401 g/mol. The van der Waals surface area contributed by atoms with Crippen LogP contribution in [-0.2, 0) is 6.42 Å². The van der Waals surface area contributed by atoms with Crippen LogP contribution >= 0.6 is 31.9 Å². The van der Waals surface area contributed by atoms with Gasteiger partial charge in [-0.1, -0.05) is 42.1 Å². The van der Waals surface area contributed by atoms with Gasteiger partial charge in [0.25, 0.3) is 0 Å². The molecule has 1 aromatic heterocycles. The number of nitrogens with zero attached hydrogens (tertiary/aromatic N) is 1. The fourth-order valence-corrected chi connectivity index (χ4v) is 4.32. The number of rotatable bonds is 6. The molecule has 0 bridgehead atoms. The fourth-order valence-electron chi connectivity index (χ4n) is 3.32. The molecule has 1 aromatic rings. The zero-order chi connectivity index (χ0) is 14.4. The van der Waals surface area contributed by atoms with Crippen molar-refractivity contribution < 1.29 is 0 Å². The highest BCUT2D eigenvalue weighted by atomic mass is 79.9. The average Bonchev–Trinajstić information content (AvgIpc) is 2.49. The third-order valence-electron chi connectivity index (χ3n) is 4.76. The van der Waals surface area contributed by atoms with Crippen molar-refractivity contribution in [3.8, 4) is 0 Å². The highest BCUT2D eigenvalue weighted by Crippen LogP contribution is 2.43. The summed E-state index contributed by atoms with van der Waals surface area (Å²) >= 11 is 7.24. The van der Waals surface area contributed by atoms with Crippen molar-refractivity contribution in [2.75, 3.05) is 5.33 Å². The Labute approximate surface area is 140 Å². The van der Waals surface area contributed by atoms with E-state index < -0.39 is 0 Å². The highest BCUT2D eigenvalue weighted by molar-refractivity contribution is 9.10. The largest absolute Gasteiger partial charge is 0.260 e. The third kappa shape index (κ3) is 4.56. The van der Waals surface area contributed by atoms with E-state index in [0.29, 0.717) is 5.41 Å². The van der Waals surface area contributed by atoms with Crippen molar-refractivity contribution in [3.63, 3.8) is 0 Å². The van der Waals surface area contributed by atoms with Crippen LogP contribution in [0.1, 0.15) is 57.6 Å². The average molecular weight is 403 g/mol. The number of unbranched alkanes of at least 4 members (excludes halogenated alkanes) is 1. The Balaban J connectivity index is 1.92. The summed E-state index contributed by atoms with van der Waals surface area (Å²) in [5, 5.41) is 1.11. The fraction of sp³-hybridized carbons (Fsp3) is 0.706. The van der Waals surface area contributed by atoms with Crippen molar-refractivity contribution in [2.45, 2.75) is 58.3 Å². The van der Waals surface area contributed by atoms with Gasteiger partial charge < -0.3 is 0 Å². The van der Waals surface area contributed by atoms with Crippen molar-refractivity contribution in [2.24, 2.45) is 11.3 Å². The van der Waals surface area contributed by atoms with Gasteiger partial charge >= 0.3 is 0 Å². The Morgan fingerprint density at radius 2 is 2.05 bits per heavy atom. The van der Waals surface area contributed by atoms with Crippen molar-refractivity contribution in [3.05, 3.63) is 28.5 Å². The molecule has 0 amide bonds. The van der Waals surface area contributed by atoms with Gasteiger partial charge in [-0.2, -0.15) is 0 Å². The molecule has 0 aliphatic heterocycles. The van der Waals surface area contributed by atoms with Gasteiger partial charge in [-0.25, -0.2) is 0 Å². The molecular weight excluding hydrogens is 378 g/mol. The molecule has 0 spiro atoms. The summed E-state index contributed by atoms with van der Waals surface area (Å²) in [6.45, 7) is 2.30. The molecule has 0 aromatic carbocycles. The van der Waals surface area contributed by atoms with Gasteiger partial charge in [-0.3, -0.25) is 4.98 Å². The number of alkyl halides is 1. The number of halogens is 2. The molecule has 112 valence electrons. The van der Waals surface area contributed by atoms with Gasteiger partial charge in [0.15, 0.2) is 0 Å². The summed E-state index contributed by atoms with van der Waals surface area (Å²) in [4.78, 5) is 4.57. The molecule has 0 unspecified atom stereocenters. The van der Waals surface area contributed by atoms with Crippen LogP contribution in [0.15, 0.2) is 22.8 Å². The van der Waals surface area contributed by atoms with Crippen molar-refractivity contribution in [1.82, 2.24) is 4.98 Å². The molecule has 0 radical (unpaired) electrons. The Kier molecular flexibility index (Phi) is 6.54. The lowest BCUT2D eigenvalue weighted by Crippen LogP contribution is -2.31. The predicted molar refractivity (Wildman–Crippen MR) is 93.4 cm³/mol. The molecule has 1 nitrogen and oxygen atoms in total. The minimum Gasteiger partial charge on any atom is -0.260 e. The first-order chi connectivity index (χ1) is 9.67. The van der Waals surface area contributed by atoms with Gasteiger partial charge in [0.05, 0.1) is 0 Å². The van der Waals surface area contributed by atoms with Gasteiger partial charge in [-0.15, -0.1) is 0 Å². The van der Waals surface area contributed by atoms with Crippen molar-refractivity contribution >= 4 is 31.9 Å². The van der Waals surface area contributed by atoms with Gasteiger partial charge in [0.2, 0.25) is 0 Å². The SMILES string of the molecule is CCCCC1CCC(CBr)(Cc2ccc(Br)cn2)CC1. The summed E-state index contributed by atoms with van der Waals surface area (Å²) in [7, 11) is 0. The first-order valence-electron chi connectivity index (χ1n) is 7.84. The number of hydrogen-bond acceptors (Lipinski definition) is 1. The van der Waals surface area contributed by atoms with Crippen LogP contribution in [0, 0.1) is 11.3 Å². The molecule has 1 heterocycles. The first kappa shape index (κ1) is 16.5. The Hall–Kier alpha value is 0.110. The van der Waals surface area contributed by atoms with E-state index in [2.05, 4.69) is 55.9 Å². The van der Waals surface area contributed by atoms with E-state index in [4.69, 9.17) is 0 Å². The molecule has 1 aliphatic carbocycles.